The van der Waals surface area contributed by atoms with Crippen molar-refractivity contribution in [3.05, 3.63) is 27.7 Å². The quantitative estimate of drug-likeness (QED) is 0.854. The summed E-state index contributed by atoms with van der Waals surface area (Å²) in [5, 5.41) is 4.37. The molecule has 1 unspecified atom stereocenters. The van der Waals surface area contributed by atoms with Gasteiger partial charge < -0.3 is 10.1 Å². The fourth-order valence-corrected chi connectivity index (χ4v) is 3.43. The number of ether oxygens (including phenoxy) is 1. The molecular formula is C14H17BrClNO. The molecule has 4 heteroatoms. The number of nitrogens with one attached hydrogen (secondary N) is 1. The van der Waals surface area contributed by atoms with Crippen molar-refractivity contribution in [3.8, 4) is 0 Å². The maximum absolute atomic E-state index is 6.04. The van der Waals surface area contributed by atoms with Crippen LogP contribution in [0.5, 0.6) is 0 Å². The lowest BCUT2D eigenvalue weighted by Gasteiger charge is -2.47. The monoisotopic (exact) mass is 329 g/mol. The van der Waals surface area contributed by atoms with Crippen LogP contribution in [-0.4, -0.2) is 18.2 Å². The van der Waals surface area contributed by atoms with Gasteiger partial charge in [-0.1, -0.05) is 11.6 Å². The summed E-state index contributed by atoms with van der Waals surface area (Å²) in [5.41, 5.74) is 1.27. The molecule has 1 saturated heterocycles. The molecule has 1 spiro atoms. The molecule has 0 amide bonds. The molecule has 0 aromatic heterocycles. The lowest BCUT2D eigenvalue weighted by Crippen LogP contribution is -2.49. The smallest absolute Gasteiger partial charge is 0.0702 e. The third kappa shape index (κ3) is 2.54. The Bertz CT molecular complexity index is 447. The van der Waals surface area contributed by atoms with Crippen molar-refractivity contribution in [2.24, 2.45) is 0 Å². The van der Waals surface area contributed by atoms with Gasteiger partial charge in [0.05, 0.1) is 11.3 Å². The molecule has 0 bridgehead atoms. The van der Waals surface area contributed by atoms with Crippen molar-refractivity contribution in [2.75, 3.05) is 11.9 Å². The van der Waals surface area contributed by atoms with Crippen LogP contribution in [0.1, 0.15) is 32.1 Å². The molecule has 1 aromatic rings. The van der Waals surface area contributed by atoms with Crippen LogP contribution in [0.15, 0.2) is 22.7 Å². The first-order chi connectivity index (χ1) is 8.67. The number of benzene rings is 1. The molecule has 0 radical (unpaired) electrons. The summed E-state index contributed by atoms with van der Waals surface area (Å²) < 4.78 is 7.02. The molecule has 3 rings (SSSR count). The van der Waals surface area contributed by atoms with Gasteiger partial charge in [-0.25, -0.2) is 0 Å². The molecule has 1 aromatic carbocycles. The van der Waals surface area contributed by atoms with Crippen LogP contribution in [0, 0.1) is 0 Å². The molecule has 18 heavy (non-hydrogen) atoms. The van der Waals surface area contributed by atoms with E-state index in [2.05, 4.69) is 21.2 Å². The Morgan fingerprint density at radius 3 is 2.94 bits per heavy atom. The lowest BCUT2D eigenvalue weighted by atomic mass is 9.74. The van der Waals surface area contributed by atoms with Crippen molar-refractivity contribution in [1.29, 1.82) is 0 Å². The number of anilines is 1. The van der Waals surface area contributed by atoms with Crippen LogP contribution >= 0.6 is 27.5 Å². The highest BCUT2D eigenvalue weighted by atomic mass is 79.9. The molecule has 1 N–H and O–H groups in total. The van der Waals surface area contributed by atoms with Gasteiger partial charge in [-0.3, -0.25) is 0 Å². The Morgan fingerprint density at radius 2 is 2.22 bits per heavy atom. The van der Waals surface area contributed by atoms with E-state index >= 15 is 0 Å². The van der Waals surface area contributed by atoms with E-state index in [0.29, 0.717) is 6.04 Å². The average molecular weight is 331 g/mol. The Balaban J connectivity index is 1.70. The second-order valence-corrected chi connectivity index (χ2v) is 6.63. The zero-order valence-electron chi connectivity index (χ0n) is 10.2. The molecule has 1 aliphatic heterocycles. The minimum Gasteiger partial charge on any atom is -0.381 e. The molecule has 1 heterocycles. The van der Waals surface area contributed by atoms with Gasteiger partial charge >= 0.3 is 0 Å². The third-order valence-electron chi connectivity index (χ3n) is 4.05. The van der Waals surface area contributed by atoms with Gasteiger partial charge in [-0.05, 0) is 66.2 Å². The van der Waals surface area contributed by atoms with Gasteiger partial charge in [0, 0.05) is 22.1 Å². The molecular weight excluding hydrogens is 314 g/mol. The van der Waals surface area contributed by atoms with Crippen LogP contribution in [-0.2, 0) is 4.74 Å². The van der Waals surface area contributed by atoms with Crippen LogP contribution in [0.3, 0.4) is 0 Å². The van der Waals surface area contributed by atoms with Gasteiger partial charge in [0.25, 0.3) is 0 Å². The van der Waals surface area contributed by atoms with Crippen LogP contribution in [0.25, 0.3) is 0 Å². The zero-order chi connectivity index (χ0) is 12.6. The Kier molecular flexibility index (Phi) is 3.57. The van der Waals surface area contributed by atoms with Gasteiger partial charge in [0.1, 0.15) is 0 Å². The normalized spacial score (nSPS) is 25.8. The molecule has 1 saturated carbocycles. The molecule has 1 atom stereocenters. The van der Waals surface area contributed by atoms with Gasteiger partial charge in [-0.2, -0.15) is 0 Å². The molecule has 2 nitrogen and oxygen atoms in total. The average Bonchev–Trinajstić information content (AvgIpc) is 2.32. The third-order valence-corrected chi connectivity index (χ3v) is 4.97. The van der Waals surface area contributed by atoms with E-state index in [9.17, 15) is 0 Å². The van der Waals surface area contributed by atoms with E-state index in [0.717, 1.165) is 34.6 Å². The number of halogens is 2. The SMILES string of the molecule is Clc1ccc(Br)c(NC2CCOC3(CCC3)C2)c1. The highest BCUT2D eigenvalue weighted by Crippen LogP contribution is 2.43. The van der Waals surface area contributed by atoms with Crippen LogP contribution < -0.4 is 5.32 Å². The lowest BCUT2D eigenvalue weighted by molar-refractivity contribution is -0.130. The fourth-order valence-electron chi connectivity index (χ4n) is 2.90. The summed E-state index contributed by atoms with van der Waals surface area (Å²) in [6, 6.07) is 6.36. The van der Waals surface area contributed by atoms with Gasteiger partial charge in [-0.15, -0.1) is 0 Å². The second-order valence-electron chi connectivity index (χ2n) is 5.34. The van der Waals surface area contributed by atoms with E-state index in [1.54, 1.807) is 0 Å². The second kappa shape index (κ2) is 5.03. The van der Waals surface area contributed by atoms with E-state index in [1.807, 2.05) is 18.2 Å². The largest absolute Gasteiger partial charge is 0.381 e. The zero-order valence-corrected chi connectivity index (χ0v) is 12.6. The number of hydrogen-bond acceptors (Lipinski definition) is 2. The topological polar surface area (TPSA) is 21.3 Å². The van der Waals surface area contributed by atoms with Crippen molar-refractivity contribution >= 4 is 33.2 Å². The summed E-state index contributed by atoms with van der Waals surface area (Å²) in [6.45, 7) is 0.871. The standard InChI is InChI=1S/C14H17BrClNO/c15-12-3-2-10(16)8-13(12)17-11-4-7-18-14(9-11)5-1-6-14/h2-3,8,11,17H,1,4-7,9H2. The highest BCUT2D eigenvalue weighted by Gasteiger charge is 2.42. The van der Waals surface area contributed by atoms with Gasteiger partial charge in [0.2, 0.25) is 0 Å². The van der Waals surface area contributed by atoms with Crippen molar-refractivity contribution in [3.63, 3.8) is 0 Å². The first-order valence-corrected chi connectivity index (χ1v) is 7.70. The predicted octanol–water partition coefficient (Wildman–Crippen LogP) is 4.62. The Labute approximate surface area is 121 Å². The van der Waals surface area contributed by atoms with Crippen molar-refractivity contribution in [1.82, 2.24) is 0 Å². The molecule has 2 aliphatic rings. The maximum atomic E-state index is 6.04. The fraction of sp³-hybridized carbons (Fsp3) is 0.571. The van der Waals surface area contributed by atoms with Gasteiger partial charge in [0.15, 0.2) is 0 Å². The highest BCUT2D eigenvalue weighted by molar-refractivity contribution is 9.10. The summed E-state index contributed by atoms with van der Waals surface area (Å²) in [6.07, 6.45) is 5.95. The van der Waals surface area contributed by atoms with E-state index in [1.165, 1.54) is 19.3 Å². The number of hydrogen-bond donors (Lipinski definition) is 1. The minimum absolute atomic E-state index is 0.182. The molecule has 2 fully saturated rings. The Morgan fingerprint density at radius 1 is 1.39 bits per heavy atom. The number of rotatable bonds is 2. The molecule has 98 valence electrons. The van der Waals surface area contributed by atoms with Crippen LogP contribution in [0.4, 0.5) is 5.69 Å². The predicted molar refractivity (Wildman–Crippen MR) is 78.3 cm³/mol. The summed E-state index contributed by atoms with van der Waals surface area (Å²) >= 11 is 9.61. The Hall–Kier alpha value is -0.250. The summed E-state index contributed by atoms with van der Waals surface area (Å²) in [4.78, 5) is 0. The summed E-state index contributed by atoms with van der Waals surface area (Å²) in [5.74, 6) is 0. The van der Waals surface area contributed by atoms with E-state index < -0.39 is 0 Å². The first kappa shape index (κ1) is 12.8. The summed E-state index contributed by atoms with van der Waals surface area (Å²) in [7, 11) is 0. The molecule has 1 aliphatic carbocycles. The van der Waals surface area contributed by atoms with Crippen molar-refractivity contribution in [2.45, 2.75) is 43.7 Å². The maximum Gasteiger partial charge on any atom is 0.0702 e. The first-order valence-electron chi connectivity index (χ1n) is 6.52. The van der Waals surface area contributed by atoms with E-state index in [-0.39, 0.29) is 5.60 Å². The minimum atomic E-state index is 0.182. The van der Waals surface area contributed by atoms with E-state index in [4.69, 9.17) is 16.3 Å². The van der Waals surface area contributed by atoms with Crippen molar-refractivity contribution < 1.29 is 4.74 Å². The van der Waals surface area contributed by atoms with Crippen LogP contribution in [0.2, 0.25) is 5.02 Å².